The van der Waals surface area contributed by atoms with Crippen molar-refractivity contribution in [3.05, 3.63) is 29.3 Å². The molecule has 0 saturated heterocycles. The Hall–Kier alpha value is -1.31. The Kier molecular flexibility index (Phi) is 7.99. The van der Waals surface area contributed by atoms with Gasteiger partial charge in [-0.3, -0.25) is 4.79 Å². The summed E-state index contributed by atoms with van der Waals surface area (Å²) in [7, 11) is 0. The van der Waals surface area contributed by atoms with Crippen LogP contribution in [0, 0.1) is 5.41 Å². The highest BCUT2D eigenvalue weighted by Gasteiger charge is 2.17. The van der Waals surface area contributed by atoms with Crippen LogP contribution in [0.25, 0.3) is 0 Å². The number of rotatable bonds is 8. The van der Waals surface area contributed by atoms with Crippen molar-refractivity contribution in [3.8, 4) is 5.75 Å². The van der Waals surface area contributed by atoms with E-state index in [1.165, 1.54) is 24.0 Å². The third-order valence-corrected chi connectivity index (χ3v) is 4.33. The van der Waals surface area contributed by atoms with E-state index in [0.717, 1.165) is 18.6 Å². The van der Waals surface area contributed by atoms with Crippen LogP contribution in [0.15, 0.2) is 18.2 Å². The van der Waals surface area contributed by atoms with Crippen molar-refractivity contribution in [2.24, 2.45) is 5.41 Å². The zero-order chi connectivity index (χ0) is 18.3. The molecule has 0 radical (unpaired) electrons. The molecule has 0 unspecified atom stereocenters. The molecule has 0 fully saturated rings. The summed E-state index contributed by atoms with van der Waals surface area (Å²) in [6.07, 6.45) is 4.89. The topological polar surface area (TPSA) is 26.3 Å². The van der Waals surface area contributed by atoms with E-state index in [2.05, 4.69) is 54.5 Å². The summed E-state index contributed by atoms with van der Waals surface area (Å²) in [5, 5.41) is 0. The molecule has 0 aliphatic rings. The lowest BCUT2D eigenvalue weighted by atomic mass is 9.89. The lowest BCUT2D eigenvalue weighted by Gasteiger charge is -2.19. The van der Waals surface area contributed by atoms with E-state index in [-0.39, 0.29) is 5.97 Å². The van der Waals surface area contributed by atoms with Gasteiger partial charge in [-0.2, -0.15) is 0 Å². The maximum atomic E-state index is 12.2. The van der Waals surface area contributed by atoms with Crippen LogP contribution in [-0.4, -0.2) is 5.97 Å². The highest BCUT2D eigenvalue weighted by molar-refractivity contribution is 5.73. The van der Waals surface area contributed by atoms with Crippen molar-refractivity contribution < 1.29 is 9.53 Å². The molecule has 0 saturated carbocycles. The van der Waals surface area contributed by atoms with Crippen LogP contribution in [0.5, 0.6) is 5.75 Å². The third-order valence-electron chi connectivity index (χ3n) is 4.33. The number of carbonyl (C=O) groups excluding carboxylic acids is 1. The summed E-state index contributed by atoms with van der Waals surface area (Å²) in [5.41, 5.74) is 2.83. The fourth-order valence-corrected chi connectivity index (χ4v) is 3.05. The minimum Gasteiger partial charge on any atom is -0.426 e. The number of unbranched alkanes of at least 4 members (excludes halogenated alkanes) is 2. The second-order valence-corrected chi connectivity index (χ2v) is 8.66. The molecule has 0 N–H and O–H groups in total. The highest BCUT2D eigenvalue weighted by Crippen LogP contribution is 2.34. The number of carbonyl (C=O) groups is 1. The smallest absolute Gasteiger partial charge is 0.311 e. The Bertz CT molecular complexity index is 521. The molecule has 1 aromatic rings. The van der Waals surface area contributed by atoms with Gasteiger partial charge in [0.1, 0.15) is 5.75 Å². The van der Waals surface area contributed by atoms with Crippen LogP contribution in [0.2, 0.25) is 0 Å². The molecule has 0 aromatic heterocycles. The average molecular weight is 333 g/mol. The summed E-state index contributed by atoms with van der Waals surface area (Å²) in [6.45, 7) is 15.5. The molecule has 24 heavy (non-hydrogen) atoms. The van der Waals surface area contributed by atoms with Crippen molar-refractivity contribution in [1.29, 1.82) is 0 Å². The van der Waals surface area contributed by atoms with Crippen molar-refractivity contribution in [1.82, 2.24) is 0 Å². The maximum absolute atomic E-state index is 12.2. The zero-order valence-corrected chi connectivity index (χ0v) is 16.7. The minimum absolute atomic E-state index is 0.103. The van der Waals surface area contributed by atoms with Gasteiger partial charge in [-0.25, -0.2) is 0 Å². The molecule has 0 atom stereocenters. The Morgan fingerprint density at radius 3 is 2.21 bits per heavy atom. The van der Waals surface area contributed by atoms with E-state index >= 15 is 0 Å². The molecule has 1 aromatic carbocycles. The molecule has 0 aliphatic carbocycles. The fraction of sp³-hybridized carbons (Fsp3) is 0.682. The van der Waals surface area contributed by atoms with Crippen LogP contribution in [0.4, 0.5) is 0 Å². The summed E-state index contributed by atoms with van der Waals surface area (Å²) >= 11 is 0. The number of hydrogen-bond donors (Lipinski definition) is 0. The van der Waals surface area contributed by atoms with Crippen molar-refractivity contribution >= 4 is 5.97 Å². The molecule has 0 spiro atoms. The number of ether oxygens (including phenoxy) is 1. The molecule has 0 bridgehead atoms. The van der Waals surface area contributed by atoms with Gasteiger partial charge in [0.05, 0.1) is 0 Å². The molecular weight excluding hydrogens is 296 g/mol. The molecular formula is C22H36O2. The second kappa shape index (κ2) is 9.25. The molecule has 2 heteroatoms. The van der Waals surface area contributed by atoms with Gasteiger partial charge in [-0.15, -0.1) is 0 Å². The van der Waals surface area contributed by atoms with Gasteiger partial charge in [0.15, 0.2) is 0 Å². The van der Waals surface area contributed by atoms with Gasteiger partial charge in [-0.05, 0) is 41.7 Å². The van der Waals surface area contributed by atoms with Gasteiger partial charge in [-0.1, -0.05) is 73.4 Å². The van der Waals surface area contributed by atoms with E-state index in [1.54, 1.807) is 0 Å². The van der Waals surface area contributed by atoms with E-state index in [1.807, 2.05) is 12.1 Å². The van der Waals surface area contributed by atoms with E-state index in [9.17, 15) is 4.79 Å². The lowest BCUT2D eigenvalue weighted by Crippen LogP contribution is -2.11. The van der Waals surface area contributed by atoms with Crippen molar-refractivity contribution in [3.63, 3.8) is 0 Å². The van der Waals surface area contributed by atoms with E-state index < -0.39 is 0 Å². The quantitative estimate of drug-likeness (QED) is 0.296. The van der Waals surface area contributed by atoms with Crippen LogP contribution < -0.4 is 4.74 Å². The molecule has 1 rings (SSSR count). The summed E-state index contributed by atoms with van der Waals surface area (Å²) < 4.78 is 5.71. The Labute approximate surface area is 149 Å². The first kappa shape index (κ1) is 20.7. The first-order valence-corrected chi connectivity index (χ1v) is 9.45. The van der Waals surface area contributed by atoms with Crippen LogP contribution >= 0.6 is 0 Å². The number of benzene rings is 1. The predicted octanol–water partition coefficient (Wildman–Crippen LogP) is 6.84. The molecule has 2 nitrogen and oxygen atoms in total. The summed E-state index contributed by atoms with van der Waals surface area (Å²) in [4.78, 5) is 12.2. The normalized spacial score (nSPS) is 12.0. The van der Waals surface area contributed by atoms with Crippen LogP contribution in [0.1, 0.15) is 104 Å². The maximum Gasteiger partial charge on any atom is 0.311 e. The Morgan fingerprint density at radius 1 is 1.00 bits per heavy atom. The Balaban J connectivity index is 2.60. The fourth-order valence-electron chi connectivity index (χ4n) is 3.05. The monoisotopic (exact) mass is 332 g/mol. The summed E-state index contributed by atoms with van der Waals surface area (Å²) in [5.74, 6) is 1.42. The molecule has 136 valence electrons. The average Bonchev–Trinajstić information content (AvgIpc) is 2.45. The SMILES string of the molecule is CC(C)c1cccc(OC(=O)CCCCCC(C)(C)C)c1C(C)C. The minimum atomic E-state index is -0.103. The number of esters is 1. The Morgan fingerprint density at radius 2 is 1.67 bits per heavy atom. The largest absolute Gasteiger partial charge is 0.426 e. The van der Waals surface area contributed by atoms with Gasteiger partial charge in [0.25, 0.3) is 0 Å². The van der Waals surface area contributed by atoms with E-state index in [0.29, 0.717) is 23.7 Å². The number of hydrogen-bond acceptors (Lipinski definition) is 2. The summed E-state index contributed by atoms with van der Waals surface area (Å²) in [6, 6.07) is 6.07. The van der Waals surface area contributed by atoms with E-state index in [4.69, 9.17) is 4.74 Å². The van der Waals surface area contributed by atoms with Crippen molar-refractivity contribution in [2.75, 3.05) is 0 Å². The highest BCUT2D eigenvalue weighted by atomic mass is 16.5. The first-order valence-electron chi connectivity index (χ1n) is 9.45. The standard InChI is InChI=1S/C22H36O2/c1-16(2)18-12-11-13-19(21(18)17(3)4)24-20(23)14-9-8-10-15-22(5,6)7/h11-13,16-17H,8-10,14-15H2,1-7H3. The predicted molar refractivity (Wildman–Crippen MR) is 103 cm³/mol. The molecule has 0 heterocycles. The first-order chi connectivity index (χ1) is 11.1. The lowest BCUT2D eigenvalue weighted by molar-refractivity contribution is -0.134. The second-order valence-electron chi connectivity index (χ2n) is 8.66. The molecule has 0 aliphatic heterocycles. The van der Waals surface area contributed by atoms with Gasteiger partial charge in [0.2, 0.25) is 0 Å². The zero-order valence-electron chi connectivity index (χ0n) is 16.7. The van der Waals surface area contributed by atoms with Gasteiger partial charge in [0, 0.05) is 12.0 Å². The van der Waals surface area contributed by atoms with Crippen LogP contribution in [-0.2, 0) is 4.79 Å². The van der Waals surface area contributed by atoms with Gasteiger partial charge >= 0.3 is 5.97 Å². The van der Waals surface area contributed by atoms with Crippen molar-refractivity contribution in [2.45, 2.75) is 92.4 Å². The third kappa shape index (κ3) is 7.07. The van der Waals surface area contributed by atoms with Gasteiger partial charge < -0.3 is 4.74 Å². The molecule has 0 amide bonds. The van der Waals surface area contributed by atoms with Crippen LogP contribution in [0.3, 0.4) is 0 Å².